The summed E-state index contributed by atoms with van der Waals surface area (Å²) in [4.78, 5) is 37.4. The van der Waals surface area contributed by atoms with Crippen LogP contribution < -0.4 is 16.4 Å². The Balaban J connectivity index is 1.39. The van der Waals surface area contributed by atoms with Crippen molar-refractivity contribution in [1.82, 2.24) is 19.5 Å². The molecule has 184 valence electrons. The zero-order valence-electron chi connectivity index (χ0n) is 20.4. The molecule has 0 aliphatic rings. The third-order valence-corrected chi connectivity index (χ3v) is 5.76. The normalized spacial score (nSPS) is 10.9. The van der Waals surface area contributed by atoms with Crippen molar-refractivity contribution in [3.63, 3.8) is 0 Å². The Kier molecular flexibility index (Phi) is 6.34. The maximum Gasteiger partial charge on any atom is 0.228 e. The van der Waals surface area contributed by atoms with E-state index in [1.807, 2.05) is 54.0 Å². The van der Waals surface area contributed by atoms with Crippen molar-refractivity contribution in [2.24, 2.45) is 0 Å². The molecule has 5 aromatic rings. The van der Waals surface area contributed by atoms with Crippen LogP contribution in [0.3, 0.4) is 0 Å². The Morgan fingerprint density at radius 1 is 0.946 bits per heavy atom. The van der Waals surface area contributed by atoms with E-state index in [1.54, 1.807) is 36.7 Å². The van der Waals surface area contributed by atoms with E-state index in [2.05, 4.69) is 20.6 Å². The summed E-state index contributed by atoms with van der Waals surface area (Å²) in [5.41, 5.74) is 12.4. The number of benzene rings is 2. The number of hydrogen-bond donors (Lipinski definition) is 3. The molecule has 0 spiro atoms. The first-order valence-corrected chi connectivity index (χ1v) is 11.7. The number of aromatic nitrogens is 4. The molecule has 0 unspecified atom stereocenters. The number of carbonyl (C=O) groups is 2. The molecule has 3 heterocycles. The SMILES string of the molecule is CC(=O)Nc1ccc(NC(=O)Cc2ccc(-n3c(-c4cccnc4N)nc4cc(C)cnc43)cc2)cc1. The van der Waals surface area contributed by atoms with Crippen LogP contribution in [0.1, 0.15) is 18.1 Å². The Hall–Kier alpha value is -5.05. The number of carbonyl (C=O) groups excluding carboxylic acids is 2. The zero-order valence-corrected chi connectivity index (χ0v) is 20.4. The largest absolute Gasteiger partial charge is 0.383 e. The summed E-state index contributed by atoms with van der Waals surface area (Å²) in [7, 11) is 0. The third-order valence-electron chi connectivity index (χ3n) is 5.76. The van der Waals surface area contributed by atoms with E-state index in [0.29, 0.717) is 34.2 Å². The van der Waals surface area contributed by atoms with Crippen LogP contribution in [0.5, 0.6) is 0 Å². The lowest BCUT2D eigenvalue weighted by molar-refractivity contribution is -0.116. The molecule has 0 saturated heterocycles. The highest BCUT2D eigenvalue weighted by Gasteiger charge is 2.18. The highest BCUT2D eigenvalue weighted by molar-refractivity contribution is 5.93. The summed E-state index contributed by atoms with van der Waals surface area (Å²) < 4.78 is 1.95. The van der Waals surface area contributed by atoms with Crippen molar-refractivity contribution in [2.45, 2.75) is 20.3 Å². The average Bonchev–Trinajstić information content (AvgIpc) is 3.24. The van der Waals surface area contributed by atoms with Crippen molar-refractivity contribution in [2.75, 3.05) is 16.4 Å². The highest BCUT2D eigenvalue weighted by atomic mass is 16.2. The zero-order chi connectivity index (χ0) is 25.9. The topological polar surface area (TPSA) is 128 Å². The molecule has 37 heavy (non-hydrogen) atoms. The van der Waals surface area contributed by atoms with Gasteiger partial charge >= 0.3 is 0 Å². The van der Waals surface area contributed by atoms with E-state index in [-0.39, 0.29) is 18.2 Å². The van der Waals surface area contributed by atoms with Gasteiger partial charge in [-0.2, -0.15) is 0 Å². The molecule has 0 atom stereocenters. The molecule has 3 aromatic heterocycles. The second kappa shape index (κ2) is 9.90. The number of anilines is 3. The number of nitrogens with two attached hydrogens (primary N) is 1. The fourth-order valence-corrected chi connectivity index (χ4v) is 4.09. The van der Waals surface area contributed by atoms with Crippen molar-refractivity contribution in [1.29, 1.82) is 0 Å². The number of pyridine rings is 2. The van der Waals surface area contributed by atoms with Gasteiger partial charge in [0.15, 0.2) is 11.5 Å². The van der Waals surface area contributed by atoms with Crippen LogP contribution in [-0.2, 0) is 16.0 Å². The van der Waals surface area contributed by atoms with Gasteiger partial charge in [0, 0.05) is 36.4 Å². The van der Waals surface area contributed by atoms with Gasteiger partial charge in [-0.05, 0) is 72.6 Å². The van der Waals surface area contributed by atoms with Gasteiger partial charge in [0.05, 0.1) is 12.0 Å². The molecule has 2 aromatic carbocycles. The van der Waals surface area contributed by atoms with Crippen LogP contribution in [0.4, 0.5) is 17.2 Å². The molecule has 0 fully saturated rings. The van der Waals surface area contributed by atoms with Crippen molar-refractivity contribution in [3.8, 4) is 17.1 Å². The number of nitrogen functional groups attached to an aromatic ring is 1. The first-order valence-electron chi connectivity index (χ1n) is 11.7. The second-order valence-corrected chi connectivity index (χ2v) is 8.71. The number of nitrogens with one attached hydrogen (secondary N) is 2. The van der Waals surface area contributed by atoms with E-state index in [9.17, 15) is 9.59 Å². The number of nitrogens with zero attached hydrogens (tertiary/aromatic N) is 4. The minimum Gasteiger partial charge on any atom is -0.383 e. The van der Waals surface area contributed by atoms with Gasteiger partial charge in [0.2, 0.25) is 11.8 Å². The van der Waals surface area contributed by atoms with Gasteiger partial charge in [0.1, 0.15) is 11.3 Å². The quantitative estimate of drug-likeness (QED) is 0.321. The lowest BCUT2D eigenvalue weighted by Crippen LogP contribution is -2.14. The van der Waals surface area contributed by atoms with Crippen LogP contribution in [-0.4, -0.2) is 31.3 Å². The Morgan fingerprint density at radius 3 is 2.32 bits per heavy atom. The number of rotatable bonds is 6. The van der Waals surface area contributed by atoms with Crippen LogP contribution >= 0.6 is 0 Å². The molecular weight excluding hydrogens is 466 g/mol. The van der Waals surface area contributed by atoms with Gasteiger partial charge in [-0.3, -0.25) is 14.2 Å². The monoisotopic (exact) mass is 491 g/mol. The van der Waals surface area contributed by atoms with Crippen molar-refractivity contribution >= 4 is 40.2 Å². The van der Waals surface area contributed by atoms with Crippen LogP contribution in [0, 0.1) is 6.92 Å². The average molecular weight is 492 g/mol. The van der Waals surface area contributed by atoms with Crippen LogP contribution in [0.25, 0.3) is 28.2 Å². The van der Waals surface area contributed by atoms with Gasteiger partial charge in [-0.25, -0.2) is 15.0 Å². The second-order valence-electron chi connectivity index (χ2n) is 8.71. The summed E-state index contributed by atoms with van der Waals surface area (Å²) in [6, 6.07) is 20.3. The lowest BCUT2D eigenvalue weighted by Gasteiger charge is -2.11. The van der Waals surface area contributed by atoms with E-state index < -0.39 is 0 Å². The van der Waals surface area contributed by atoms with Crippen LogP contribution in [0.2, 0.25) is 0 Å². The summed E-state index contributed by atoms with van der Waals surface area (Å²) >= 11 is 0. The number of fused-ring (bicyclic) bond motifs is 1. The van der Waals surface area contributed by atoms with Gasteiger partial charge in [0.25, 0.3) is 0 Å². The first-order chi connectivity index (χ1) is 17.9. The van der Waals surface area contributed by atoms with Crippen LogP contribution in [0.15, 0.2) is 79.1 Å². The minimum atomic E-state index is -0.147. The van der Waals surface area contributed by atoms with Crippen molar-refractivity contribution < 1.29 is 9.59 Å². The summed E-state index contributed by atoms with van der Waals surface area (Å²) in [6.45, 7) is 3.42. The number of imidazole rings is 1. The molecule has 5 rings (SSSR count). The molecule has 0 bridgehead atoms. The molecule has 0 aliphatic carbocycles. The highest BCUT2D eigenvalue weighted by Crippen LogP contribution is 2.30. The number of amides is 2. The minimum absolute atomic E-state index is 0.144. The van der Waals surface area contributed by atoms with E-state index >= 15 is 0 Å². The van der Waals surface area contributed by atoms with Gasteiger partial charge in [-0.1, -0.05) is 12.1 Å². The first kappa shape index (κ1) is 23.7. The van der Waals surface area contributed by atoms with Gasteiger partial charge < -0.3 is 16.4 Å². The Bertz CT molecular complexity index is 1610. The van der Waals surface area contributed by atoms with Gasteiger partial charge in [-0.15, -0.1) is 0 Å². The fourth-order valence-electron chi connectivity index (χ4n) is 4.09. The summed E-state index contributed by atoms with van der Waals surface area (Å²) in [5, 5.41) is 5.58. The molecule has 2 amide bonds. The number of aryl methyl sites for hydroxylation is 1. The molecule has 0 radical (unpaired) electrons. The van der Waals surface area contributed by atoms with E-state index in [0.717, 1.165) is 22.3 Å². The number of hydrogen-bond acceptors (Lipinski definition) is 6. The molecular formula is C28H25N7O2. The smallest absolute Gasteiger partial charge is 0.228 e. The lowest BCUT2D eigenvalue weighted by atomic mass is 10.1. The predicted molar refractivity (Wildman–Crippen MR) is 144 cm³/mol. The fraction of sp³-hybridized carbons (Fsp3) is 0.107. The molecule has 0 aliphatic heterocycles. The summed E-state index contributed by atoms with van der Waals surface area (Å²) in [5.74, 6) is 0.737. The molecule has 9 heteroatoms. The van der Waals surface area contributed by atoms with E-state index in [4.69, 9.17) is 10.7 Å². The van der Waals surface area contributed by atoms with E-state index in [1.165, 1.54) is 6.92 Å². The van der Waals surface area contributed by atoms with Crippen molar-refractivity contribution in [3.05, 3.63) is 90.3 Å². The standard InChI is InChI=1S/C28H25N7O2/c1-17-14-24-28(31-16-17)35(27(34-24)23-4-3-13-30-26(23)29)22-11-5-19(6-12-22)15-25(37)33-21-9-7-20(8-10-21)32-18(2)36/h3-14,16H,15H2,1-2H3,(H2,29,30)(H,32,36)(H,33,37). The summed E-state index contributed by atoms with van der Waals surface area (Å²) in [6.07, 6.45) is 3.65. The Morgan fingerprint density at radius 2 is 1.65 bits per heavy atom. The molecule has 4 N–H and O–H groups in total. The maximum absolute atomic E-state index is 12.6. The Labute approximate surface area is 213 Å². The molecule has 9 nitrogen and oxygen atoms in total. The molecule has 0 saturated carbocycles. The third kappa shape index (κ3) is 5.15. The predicted octanol–water partition coefficient (Wildman–Crippen LogP) is 4.51. The maximum atomic E-state index is 12.6.